The van der Waals surface area contributed by atoms with Gasteiger partial charge in [-0.2, -0.15) is 0 Å². The number of hydrogen-bond donors (Lipinski definition) is 0. The lowest BCUT2D eigenvalue weighted by molar-refractivity contribution is 0.349. The van der Waals surface area contributed by atoms with Gasteiger partial charge in [-0.15, -0.1) is 6.58 Å². The minimum atomic E-state index is 0.0139. The van der Waals surface area contributed by atoms with Crippen molar-refractivity contribution in [1.29, 1.82) is 0 Å². The normalized spacial score (nSPS) is 48.6. The third-order valence-electron chi connectivity index (χ3n) is 1.59. The van der Waals surface area contributed by atoms with E-state index in [1.54, 1.807) is 0 Å². The summed E-state index contributed by atoms with van der Waals surface area (Å²) >= 11 is 0. The molecular formula is C6H10O. The Balaban J connectivity index is 2.51. The summed E-state index contributed by atoms with van der Waals surface area (Å²) < 4.78 is 5.14. The highest BCUT2D eigenvalue weighted by Gasteiger charge is 2.45. The summed E-state index contributed by atoms with van der Waals surface area (Å²) in [5, 5.41) is 0. The van der Waals surface area contributed by atoms with E-state index in [9.17, 15) is 0 Å². The lowest BCUT2D eigenvalue weighted by Crippen LogP contribution is -2.00. The minimum Gasteiger partial charge on any atom is -0.362 e. The number of epoxide rings is 1. The molecule has 7 heavy (non-hydrogen) atoms. The maximum absolute atomic E-state index is 5.14. The average molecular weight is 98.1 g/mol. The molecule has 0 aromatic heterocycles. The summed E-state index contributed by atoms with van der Waals surface area (Å²) in [5.74, 6) is 0. The van der Waals surface area contributed by atoms with Crippen molar-refractivity contribution in [3.05, 3.63) is 12.7 Å². The Morgan fingerprint density at radius 2 is 2.29 bits per heavy atom. The molecule has 0 unspecified atom stereocenters. The lowest BCUT2D eigenvalue weighted by Gasteiger charge is -1.88. The van der Waals surface area contributed by atoms with Gasteiger partial charge in [-0.1, -0.05) is 6.08 Å². The van der Waals surface area contributed by atoms with Crippen LogP contribution in [0.25, 0.3) is 0 Å². The molecule has 0 aliphatic carbocycles. The fourth-order valence-electron chi connectivity index (χ4n) is 0.561. The molecule has 0 bridgehead atoms. The number of ether oxygens (including phenoxy) is 1. The monoisotopic (exact) mass is 98.1 g/mol. The van der Waals surface area contributed by atoms with E-state index < -0.39 is 0 Å². The Morgan fingerprint density at radius 1 is 1.86 bits per heavy atom. The van der Waals surface area contributed by atoms with Gasteiger partial charge in [-0.3, -0.25) is 0 Å². The van der Waals surface area contributed by atoms with Crippen LogP contribution in [0.3, 0.4) is 0 Å². The fraction of sp³-hybridized carbons (Fsp3) is 0.667. The van der Waals surface area contributed by atoms with Crippen LogP contribution in [0.4, 0.5) is 0 Å². The molecule has 2 atom stereocenters. The van der Waals surface area contributed by atoms with Crippen molar-refractivity contribution in [2.24, 2.45) is 0 Å². The van der Waals surface area contributed by atoms with Crippen LogP contribution in [0.2, 0.25) is 0 Å². The Hall–Kier alpha value is -0.300. The van der Waals surface area contributed by atoms with Crippen LogP contribution in [-0.4, -0.2) is 11.7 Å². The van der Waals surface area contributed by atoms with Gasteiger partial charge in [-0.05, 0) is 13.8 Å². The highest BCUT2D eigenvalue weighted by Crippen LogP contribution is 2.35. The topological polar surface area (TPSA) is 12.5 Å². The smallest absolute Gasteiger partial charge is 0.109 e. The first-order valence-electron chi connectivity index (χ1n) is 2.50. The predicted octanol–water partition coefficient (Wildman–Crippen LogP) is 1.35. The molecule has 1 nitrogen and oxygen atoms in total. The van der Waals surface area contributed by atoms with Gasteiger partial charge in [0.05, 0.1) is 6.10 Å². The predicted molar refractivity (Wildman–Crippen MR) is 29.1 cm³/mol. The van der Waals surface area contributed by atoms with Gasteiger partial charge in [0.2, 0.25) is 0 Å². The molecule has 1 aliphatic heterocycles. The van der Waals surface area contributed by atoms with Crippen molar-refractivity contribution in [2.75, 3.05) is 0 Å². The summed E-state index contributed by atoms with van der Waals surface area (Å²) in [7, 11) is 0. The van der Waals surface area contributed by atoms with Gasteiger partial charge in [0.25, 0.3) is 0 Å². The maximum atomic E-state index is 5.14. The van der Waals surface area contributed by atoms with E-state index >= 15 is 0 Å². The molecule has 1 heteroatoms. The first-order chi connectivity index (χ1) is 3.19. The van der Waals surface area contributed by atoms with Crippen molar-refractivity contribution >= 4 is 0 Å². The first kappa shape index (κ1) is 4.85. The van der Waals surface area contributed by atoms with Gasteiger partial charge >= 0.3 is 0 Å². The SMILES string of the molecule is C=C[C@@]1(C)O[C@H]1C. The van der Waals surface area contributed by atoms with Crippen molar-refractivity contribution < 1.29 is 4.74 Å². The zero-order valence-electron chi connectivity index (χ0n) is 4.77. The van der Waals surface area contributed by atoms with Crippen molar-refractivity contribution in [1.82, 2.24) is 0 Å². The summed E-state index contributed by atoms with van der Waals surface area (Å²) in [4.78, 5) is 0. The highest BCUT2D eigenvalue weighted by molar-refractivity contribution is 5.08. The van der Waals surface area contributed by atoms with Crippen molar-refractivity contribution in [2.45, 2.75) is 25.6 Å². The highest BCUT2D eigenvalue weighted by atomic mass is 16.6. The molecule has 1 fully saturated rings. The van der Waals surface area contributed by atoms with Crippen LogP contribution in [0.15, 0.2) is 12.7 Å². The molecule has 0 radical (unpaired) electrons. The molecule has 0 saturated carbocycles. The van der Waals surface area contributed by atoms with E-state index in [0.717, 1.165) is 0 Å². The Kier molecular flexibility index (Phi) is 0.762. The molecule has 0 N–H and O–H groups in total. The van der Waals surface area contributed by atoms with Crippen molar-refractivity contribution in [3.8, 4) is 0 Å². The molecule has 40 valence electrons. The van der Waals surface area contributed by atoms with Gasteiger partial charge in [0.15, 0.2) is 0 Å². The second-order valence-corrected chi connectivity index (χ2v) is 2.15. The van der Waals surface area contributed by atoms with Crippen molar-refractivity contribution in [3.63, 3.8) is 0 Å². The molecule has 1 rings (SSSR count). The van der Waals surface area contributed by atoms with Crippen LogP contribution < -0.4 is 0 Å². The summed E-state index contributed by atoms with van der Waals surface area (Å²) in [6.45, 7) is 7.70. The van der Waals surface area contributed by atoms with E-state index in [4.69, 9.17) is 4.74 Å². The maximum Gasteiger partial charge on any atom is 0.109 e. The van der Waals surface area contributed by atoms with Crippen LogP contribution in [0.1, 0.15) is 13.8 Å². The van der Waals surface area contributed by atoms with Gasteiger partial charge < -0.3 is 4.74 Å². The van der Waals surface area contributed by atoms with Gasteiger partial charge in [-0.25, -0.2) is 0 Å². The van der Waals surface area contributed by atoms with Crippen LogP contribution in [-0.2, 0) is 4.74 Å². The Bertz CT molecular complexity index is 98.4. The zero-order valence-corrected chi connectivity index (χ0v) is 4.77. The second-order valence-electron chi connectivity index (χ2n) is 2.15. The molecule has 1 heterocycles. The third-order valence-corrected chi connectivity index (χ3v) is 1.59. The van der Waals surface area contributed by atoms with E-state index in [1.165, 1.54) is 0 Å². The zero-order chi connectivity index (χ0) is 5.49. The summed E-state index contributed by atoms with van der Waals surface area (Å²) in [6, 6.07) is 0. The quantitative estimate of drug-likeness (QED) is 0.356. The second kappa shape index (κ2) is 1.10. The molecule has 0 aromatic carbocycles. The van der Waals surface area contributed by atoms with Crippen LogP contribution in [0, 0.1) is 0 Å². The lowest BCUT2D eigenvalue weighted by atomic mass is 10.1. The molecule has 0 spiro atoms. The van der Waals surface area contributed by atoms with E-state index in [0.29, 0.717) is 6.10 Å². The largest absolute Gasteiger partial charge is 0.362 e. The van der Waals surface area contributed by atoms with Crippen LogP contribution in [0.5, 0.6) is 0 Å². The van der Waals surface area contributed by atoms with E-state index in [-0.39, 0.29) is 5.60 Å². The van der Waals surface area contributed by atoms with Gasteiger partial charge in [0.1, 0.15) is 5.60 Å². The summed E-state index contributed by atoms with van der Waals surface area (Å²) in [6.07, 6.45) is 2.24. The van der Waals surface area contributed by atoms with Gasteiger partial charge in [0, 0.05) is 0 Å². The van der Waals surface area contributed by atoms with E-state index in [2.05, 4.69) is 6.58 Å². The fourth-order valence-corrected chi connectivity index (χ4v) is 0.561. The summed E-state index contributed by atoms with van der Waals surface area (Å²) in [5.41, 5.74) is 0.0139. The minimum absolute atomic E-state index is 0.0139. The average Bonchev–Trinajstić information content (AvgIpc) is 2.18. The number of hydrogen-bond acceptors (Lipinski definition) is 1. The first-order valence-corrected chi connectivity index (χ1v) is 2.50. The third kappa shape index (κ3) is 0.570. The molecule has 0 aromatic rings. The Labute approximate surface area is 44.0 Å². The molecule has 0 amide bonds. The Morgan fingerprint density at radius 3 is 2.29 bits per heavy atom. The molecular weight excluding hydrogens is 88.1 g/mol. The van der Waals surface area contributed by atoms with Crippen LogP contribution >= 0.6 is 0 Å². The number of rotatable bonds is 1. The van der Waals surface area contributed by atoms with E-state index in [1.807, 2.05) is 19.9 Å². The molecule has 1 aliphatic rings. The molecule has 1 saturated heterocycles. The standard InChI is InChI=1S/C6H10O/c1-4-6(3)5(2)7-6/h4-5H,1H2,2-3H3/t5-,6+/m0/s1.